The van der Waals surface area contributed by atoms with Crippen LogP contribution in [-0.4, -0.2) is 67.9 Å². The van der Waals surface area contributed by atoms with Crippen molar-refractivity contribution in [3.05, 3.63) is 35.6 Å². The van der Waals surface area contributed by atoms with Crippen LogP contribution < -0.4 is 0 Å². The molecule has 6 nitrogen and oxygen atoms in total. The van der Waals surface area contributed by atoms with Crippen LogP contribution in [0.2, 0.25) is 0 Å². The van der Waals surface area contributed by atoms with Gasteiger partial charge in [-0.15, -0.1) is 0 Å². The molecular weight excluding hydrogens is 328 g/mol. The van der Waals surface area contributed by atoms with Gasteiger partial charge in [-0.25, -0.2) is 8.42 Å². The minimum Gasteiger partial charge on any atom is -0.451 e. The number of hydrogen-bond acceptors (Lipinski definition) is 5. The Kier molecular flexibility index (Phi) is 3.47. The topological polar surface area (TPSA) is 70.8 Å². The molecular formula is C17H20N2O4S. The number of piperazine rings is 1. The highest BCUT2D eigenvalue weighted by atomic mass is 32.2. The molecule has 1 amide bonds. The molecule has 0 bridgehead atoms. The van der Waals surface area contributed by atoms with E-state index in [1.807, 2.05) is 37.1 Å². The van der Waals surface area contributed by atoms with E-state index >= 15 is 0 Å². The van der Waals surface area contributed by atoms with Crippen LogP contribution in [0, 0.1) is 6.92 Å². The van der Waals surface area contributed by atoms with Crippen LogP contribution in [0.5, 0.6) is 0 Å². The Morgan fingerprint density at radius 2 is 1.96 bits per heavy atom. The van der Waals surface area contributed by atoms with Crippen molar-refractivity contribution in [3.8, 4) is 0 Å². The lowest BCUT2D eigenvalue weighted by Gasteiger charge is -2.41. The minimum atomic E-state index is -3.11. The lowest BCUT2D eigenvalue weighted by Crippen LogP contribution is -2.59. The van der Waals surface area contributed by atoms with E-state index in [4.69, 9.17) is 4.42 Å². The van der Waals surface area contributed by atoms with Crippen molar-refractivity contribution < 1.29 is 17.6 Å². The molecule has 2 aliphatic heterocycles. The number of amides is 1. The van der Waals surface area contributed by atoms with Crippen molar-refractivity contribution in [2.24, 2.45) is 0 Å². The molecule has 1 aromatic heterocycles. The predicted octanol–water partition coefficient (Wildman–Crippen LogP) is 1.29. The van der Waals surface area contributed by atoms with Crippen LogP contribution in [-0.2, 0) is 9.84 Å². The fourth-order valence-electron chi connectivity index (χ4n) is 3.83. The van der Waals surface area contributed by atoms with Gasteiger partial charge in [-0.05, 0) is 25.6 Å². The molecule has 7 heteroatoms. The summed E-state index contributed by atoms with van der Waals surface area (Å²) in [5.41, 5.74) is 1.69. The van der Waals surface area contributed by atoms with Crippen LogP contribution in [0.15, 0.2) is 28.7 Å². The molecule has 0 spiro atoms. The lowest BCUT2D eigenvalue weighted by molar-refractivity contribution is 0.0384. The highest BCUT2D eigenvalue weighted by molar-refractivity contribution is 7.91. The Hall–Kier alpha value is -1.86. The number of para-hydroxylation sites is 1. The third kappa shape index (κ3) is 2.43. The molecule has 4 rings (SSSR count). The van der Waals surface area contributed by atoms with Crippen LogP contribution in [0.4, 0.5) is 0 Å². The fourth-order valence-corrected chi connectivity index (χ4v) is 5.89. The normalized spacial score (nSPS) is 26.7. The summed E-state index contributed by atoms with van der Waals surface area (Å²) in [6.45, 7) is 3.12. The largest absolute Gasteiger partial charge is 0.451 e. The highest BCUT2D eigenvalue weighted by Crippen LogP contribution is 2.29. The second-order valence-electron chi connectivity index (χ2n) is 6.79. The maximum atomic E-state index is 13.0. The van der Waals surface area contributed by atoms with Crippen molar-refractivity contribution in [1.82, 2.24) is 9.80 Å². The number of sulfone groups is 1. The number of furan rings is 1. The van der Waals surface area contributed by atoms with Crippen molar-refractivity contribution >= 4 is 26.7 Å². The SMILES string of the molecule is Cc1cccc2cc(C(=O)N3CCN(C)[C@H]4CS(=O)(=O)C[C@H]43)oc12. The van der Waals surface area contributed by atoms with Gasteiger partial charge in [0.1, 0.15) is 5.58 Å². The second-order valence-corrected chi connectivity index (χ2v) is 8.95. The van der Waals surface area contributed by atoms with Gasteiger partial charge < -0.3 is 9.32 Å². The average molecular weight is 348 g/mol. The van der Waals surface area contributed by atoms with E-state index in [9.17, 15) is 13.2 Å². The van der Waals surface area contributed by atoms with E-state index in [2.05, 4.69) is 0 Å². The number of rotatable bonds is 1. The number of benzene rings is 1. The Morgan fingerprint density at radius 3 is 2.71 bits per heavy atom. The zero-order valence-corrected chi connectivity index (χ0v) is 14.5. The third-order valence-electron chi connectivity index (χ3n) is 5.17. The Morgan fingerprint density at radius 1 is 1.21 bits per heavy atom. The van der Waals surface area contributed by atoms with Gasteiger partial charge in [-0.2, -0.15) is 0 Å². The Balaban J connectivity index is 1.69. The van der Waals surface area contributed by atoms with E-state index in [0.29, 0.717) is 18.7 Å². The number of aryl methyl sites for hydroxylation is 1. The smallest absolute Gasteiger partial charge is 0.289 e. The maximum Gasteiger partial charge on any atom is 0.289 e. The molecule has 24 heavy (non-hydrogen) atoms. The number of fused-ring (bicyclic) bond motifs is 2. The second kappa shape index (κ2) is 5.32. The predicted molar refractivity (Wildman–Crippen MR) is 90.8 cm³/mol. The van der Waals surface area contributed by atoms with Crippen molar-refractivity contribution in [2.75, 3.05) is 31.6 Å². The maximum absolute atomic E-state index is 13.0. The molecule has 1 aromatic carbocycles. The summed E-state index contributed by atoms with van der Waals surface area (Å²) in [5.74, 6) is 0.224. The fraction of sp³-hybridized carbons (Fsp3) is 0.471. The molecule has 0 saturated carbocycles. The lowest BCUT2D eigenvalue weighted by atomic mass is 10.1. The van der Waals surface area contributed by atoms with E-state index in [1.165, 1.54) is 0 Å². The molecule has 0 unspecified atom stereocenters. The number of likely N-dealkylation sites (N-methyl/N-ethyl adjacent to an activating group) is 1. The number of nitrogens with zero attached hydrogens (tertiary/aromatic N) is 2. The van der Waals surface area contributed by atoms with Crippen molar-refractivity contribution in [3.63, 3.8) is 0 Å². The average Bonchev–Trinajstić information content (AvgIpc) is 3.09. The molecule has 2 aromatic rings. The molecule has 0 N–H and O–H groups in total. The summed E-state index contributed by atoms with van der Waals surface area (Å²) in [7, 11) is -1.19. The van der Waals surface area contributed by atoms with Gasteiger partial charge in [0.15, 0.2) is 15.6 Å². The molecule has 2 fully saturated rings. The summed E-state index contributed by atoms with van der Waals surface area (Å²) in [5, 5.41) is 0.892. The zero-order chi connectivity index (χ0) is 17.1. The first kappa shape index (κ1) is 15.7. The van der Waals surface area contributed by atoms with E-state index < -0.39 is 9.84 Å². The van der Waals surface area contributed by atoms with Gasteiger partial charge in [-0.1, -0.05) is 18.2 Å². The van der Waals surface area contributed by atoms with Gasteiger partial charge in [0.25, 0.3) is 5.91 Å². The van der Waals surface area contributed by atoms with Gasteiger partial charge in [0.05, 0.1) is 17.5 Å². The number of carbonyl (C=O) groups excluding carboxylic acids is 1. The molecule has 2 aliphatic rings. The molecule has 2 atom stereocenters. The minimum absolute atomic E-state index is 0.0347. The molecule has 0 radical (unpaired) electrons. The number of carbonyl (C=O) groups is 1. The van der Waals surface area contributed by atoms with Crippen LogP contribution >= 0.6 is 0 Å². The first-order valence-corrected chi connectivity index (χ1v) is 9.89. The summed E-state index contributed by atoms with van der Waals surface area (Å²) in [6.07, 6.45) is 0. The monoisotopic (exact) mass is 348 g/mol. The zero-order valence-electron chi connectivity index (χ0n) is 13.7. The van der Waals surface area contributed by atoms with Crippen LogP contribution in [0.1, 0.15) is 16.1 Å². The van der Waals surface area contributed by atoms with E-state index in [-0.39, 0.29) is 35.3 Å². The molecule has 2 saturated heterocycles. The first-order chi connectivity index (χ1) is 11.4. The molecule has 0 aliphatic carbocycles. The highest BCUT2D eigenvalue weighted by Gasteiger charge is 2.47. The van der Waals surface area contributed by atoms with Crippen LogP contribution in [0.3, 0.4) is 0 Å². The van der Waals surface area contributed by atoms with Crippen molar-refractivity contribution in [1.29, 1.82) is 0 Å². The van der Waals surface area contributed by atoms with Crippen LogP contribution in [0.25, 0.3) is 11.0 Å². The number of hydrogen-bond donors (Lipinski definition) is 0. The van der Waals surface area contributed by atoms with E-state index in [0.717, 1.165) is 10.9 Å². The van der Waals surface area contributed by atoms with Gasteiger partial charge in [-0.3, -0.25) is 9.69 Å². The van der Waals surface area contributed by atoms with Crippen molar-refractivity contribution in [2.45, 2.75) is 19.0 Å². The summed E-state index contributed by atoms with van der Waals surface area (Å²) >= 11 is 0. The first-order valence-electron chi connectivity index (χ1n) is 8.06. The Labute approximate surface area is 140 Å². The third-order valence-corrected chi connectivity index (χ3v) is 6.87. The summed E-state index contributed by atoms with van der Waals surface area (Å²) in [6, 6.07) is 7.11. The molecule has 3 heterocycles. The standard InChI is InChI=1S/C17H20N2O4S/c1-11-4-3-5-12-8-15(23-16(11)12)17(20)19-7-6-18(2)13-9-24(21,22)10-14(13)19/h3-5,8,13-14H,6-7,9-10H2,1-2H3/t13-,14+/m0/s1. The quantitative estimate of drug-likeness (QED) is 0.777. The van der Waals surface area contributed by atoms with E-state index in [1.54, 1.807) is 11.0 Å². The van der Waals surface area contributed by atoms with Gasteiger partial charge in [0, 0.05) is 24.5 Å². The van der Waals surface area contributed by atoms with Gasteiger partial charge >= 0.3 is 0 Å². The summed E-state index contributed by atoms with van der Waals surface area (Å²) in [4.78, 5) is 16.7. The Bertz CT molecular complexity index is 918. The van der Waals surface area contributed by atoms with Gasteiger partial charge in [0.2, 0.25) is 0 Å². The molecule has 128 valence electrons. The summed E-state index contributed by atoms with van der Waals surface area (Å²) < 4.78 is 29.9.